The molecule has 0 saturated carbocycles. The van der Waals surface area contributed by atoms with Crippen molar-refractivity contribution in [2.45, 2.75) is 26.3 Å². The van der Waals surface area contributed by atoms with Crippen LogP contribution in [0.4, 0.5) is 0 Å². The number of nitrogens with two attached hydrogens (primary N) is 1. The highest BCUT2D eigenvalue weighted by Crippen LogP contribution is 2.17. The zero-order valence-corrected chi connectivity index (χ0v) is 8.17. The van der Waals surface area contributed by atoms with Crippen molar-refractivity contribution >= 4 is 12.4 Å². The van der Waals surface area contributed by atoms with Gasteiger partial charge in [0, 0.05) is 6.07 Å². The normalized spacial score (nSPS) is 12.7. The van der Waals surface area contributed by atoms with E-state index in [0.717, 1.165) is 12.2 Å². The van der Waals surface area contributed by atoms with Crippen LogP contribution in [0.5, 0.6) is 0 Å². The monoisotopic (exact) mass is 190 g/mol. The number of halogens is 1. The molecule has 70 valence electrons. The van der Waals surface area contributed by atoms with Gasteiger partial charge in [0.2, 0.25) is 0 Å². The van der Waals surface area contributed by atoms with E-state index in [9.17, 15) is 0 Å². The minimum atomic E-state index is -0.00231. The summed E-state index contributed by atoms with van der Waals surface area (Å²) >= 11 is 0. The molecule has 0 saturated heterocycles. The Bertz CT molecular complexity index is 199. The summed E-state index contributed by atoms with van der Waals surface area (Å²) in [5.41, 5.74) is 5.81. The molecule has 0 aromatic carbocycles. The van der Waals surface area contributed by atoms with Crippen LogP contribution in [-0.2, 0) is 0 Å². The summed E-state index contributed by atoms with van der Waals surface area (Å²) in [6.07, 6.45) is 2.56. The molecule has 0 unspecified atom stereocenters. The first-order valence-electron chi connectivity index (χ1n) is 3.86. The maximum atomic E-state index is 5.81. The lowest BCUT2D eigenvalue weighted by molar-refractivity contribution is 0.342. The zero-order valence-electron chi connectivity index (χ0n) is 7.36. The van der Waals surface area contributed by atoms with E-state index in [1.165, 1.54) is 0 Å². The maximum absolute atomic E-state index is 5.81. The highest BCUT2D eigenvalue weighted by molar-refractivity contribution is 5.85. The van der Waals surface area contributed by atoms with Crippen molar-refractivity contribution in [3.8, 4) is 0 Å². The van der Waals surface area contributed by atoms with Gasteiger partial charge in [0.25, 0.3) is 0 Å². The van der Waals surface area contributed by atoms with Gasteiger partial charge in [-0.15, -0.1) is 12.4 Å². The lowest BCUT2D eigenvalue weighted by Crippen LogP contribution is -2.11. The smallest absolute Gasteiger partial charge is 0.153 e. The van der Waals surface area contributed by atoms with Crippen LogP contribution in [0.25, 0.3) is 0 Å². The van der Waals surface area contributed by atoms with Crippen molar-refractivity contribution in [3.05, 3.63) is 18.0 Å². The van der Waals surface area contributed by atoms with Gasteiger partial charge in [0.1, 0.15) is 0 Å². The quantitative estimate of drug-likeness (QED) is 0.795. The second-order valence-corrected chi connectivity index (χ2v) is 3.15. The second kappa shape index (κ2) is 5.17. The third-order valence-corrected chi connectivity index (χ3v) is 1.55. The Hall–Kier alpha value is -0.540. The summed E-state index contributed by atoms with van der Waals surface area (Å²) in [6, 6.07) is 1.81. The van der Waals surface area contributed by atoms with Crippen LogP contribution in [0.2, 0.25) is 0 Å². The number of hydrogen-bond acceptors (Lipinski definition) is 3. The van der Waals surface area contributed by atoms with E-state index in [0.29, 0.717) is 5.92 Å². The molecule has 0 aliphatic heterocycles. The van der Waals surface area contributed by atoms with Gasteiger partial charge in [0.05, 0.1) is 12.2 Å². The van der Waals surface area contributed by atoms with Crippen molar-refractivity contribution < 1.29 is 4.52 Å². The predicted octanol–water partition coefficient (Wildman–Crippen LogP) is 2.14. The molecular formula is C8H15ClN2O. The highest BCUT2D eigenvalue weighted by atomic mass is 35.5. The van der Waals surface area contributed by atoms with Gasteiger partial charge >= 0.3 is 0 Å². The summed E-state index contributed by atoms with van der Waals surface area (Å²) < 4.78 is 4.92. The second-order valence-electron chi connectivity index (χ2n) is 3.15. The Labute approximate surface area is 78.7 Å². The third kappa shape index (κ3) is 3.24. The van der Waals surface area contributed by atoms with Gasteiger partial charge in [-0.25, -0.2) is 0 Å². The first-order valence-corrected chi connectivity index (χ1v) is 3.86. The summed E-state index contributed by atoms with van der Waals surface area (Å²) in [5.74, 6) is 1.37. The van der Waals surface area contributed by atoms with Crippen LogP contribution in [0.3, 0.4) is 0 Å². The molecule has 0 amide bonds. The molecule has 0 spiro atoms. The first kappa shape index (κ1) is 11.5. The number of nitrogens with zero attached hydrogens (tertiary/aromatic N) is 1. The van der Waals surface area contributed by atoms with Gasteiger partial charge < -0.3 is 10.3 Å². The molecule has 1 aromatic rings. The standard InChI is InChI=1S/C8H14N2O.ClH/c1-6(2)5-7(9)8-3-4-10-11-8;/h3-4,6-7H,5,9H2,1-2H3;1H/t7-;/m1./s1. The summed E-state index contributed by atoms with van der Waals surface area (Å²) in [5, 5.41) is 3.60. The van der Waals surface area contributed by atoms with Gasteiger partial charge in [-0.1, -0.05) is 19.0 Å². The van der Waals surface area contributed by atoms with E-state index in [1.54, 1.807) is 6.20 Å². The highest BCUT2D eigenvalue weighted by Gasteiger charge is 2.10. The molecule has 1 heterocycles. The fourth-order valence-corrected chi connectivity index (χ4v) is 1.04. The Morgan fingerprint density at radius 2 is 2.25 bits per heavy atom. The van der Waals surface area contributed by atoms with Crippen LogP contribution >= 0.6 is 12.4 Å². The van der Waals surface area contributed by atoms with Crippen molar-refractivity contribution in [2.75, 3.05) is 0 Å². The Kier molecular flexibility index (Phi) is 4.93. The molecule has 0 fully saturated rings. The van der Waals surface area contributed by atoms with E-state index in [2.05, 4.69) is 19.0 Å². The predicted molar refractivity (Wildman–Crippen MR) is 50.1 cm³/mol. The number of hydrogen-bond donors (Lipinski definition) is 1. The maximum Gasteiger partial charge on any atom is 0.153 e. The van der Waals surface area contributed by atoms with E-state index in [-0.39, 0.29) is 18.4 Å². The molecule has 3 nitrogen and oxygen atoms in total. The van der Waals surface area contributed by atoms with Crippen LogP contribution in [0.1, 0.15) is 32.1 Å². The SMILES string of the molecule is CC(C)C[C@@H](N)c1ccno1.Cl. The molecule has 2 N–H and O–H groups in total. The van der Waals surface area contributed by atoms with E-state index in [1.807, 2.05) is 6.07 Å². The molecule has 0 aliphatic rings. The fourth-order valence-electron chi connectivity index (χ4n) is 1.04. The Morgan fingerprint density at radius 3 is 2.67 bits per heavy atom. The average molecular weight is 191 g/mol. The van der Waals surface area contributed by atoms with Crippen LogP contribution in [0.15, 0.2) is 16.8 Å². The van der Waals surface area contributed by atoms with Gasteiger partial charge in [0.15, 0.2) is 5.76 Å². The average Bonchev–Trinajstić information content (AvgIpc) is 2.35. The largest absolute Gasteiger partial charge is 0.360 e. The molecule has 1 aromatic heterocycles. The molecule has 0 aliphatic carbocycles. The van der Waals surface area contributed by atoms with Gasteiger partial charge in [-0.2, -0.15) is 0 Å². The van der Waals surface area contributed by atoms with Gasteiger partial charge in [-0.05, 0) is 12.3 Å². The molecule has 0 bridgehead atoms. The number of rotatable bonds is 3. The summed E-state index contributed by atoms with van der Waals surface area (Å²) in [6.45, 7) is 4.27. The van der Waals surface area contributed by atoms with Crippen molar-refractivity contribution in [3.63, 3.8) is 0 Å². The summed E-state index contributed by atoms with van der Waals surface area (Å²) in [7, 11) is 0. The van der Waals surface area contributed by atoms with Crippen LogP contribution < -0.4 is 5.73 Å². The zero-order chi connectivity index (χ0) is 8.27. The Morgan fingerprint density at radius 1 is 1.58 bits per heavy atom. The van der Waals surface area contributed by atoms with E-state index >= 15 is 0 Å². The molecule has 0 radical (unpaired) electrons. The minimum Gasteiger partial charge on any atom is -0.360 e. The van der Waals surface area contributed by atoms with E-state index < -0.39 is 0 Å². The van der Waals surface area contributed by atoms with Crippen molar-refractivity contribution in [2.24, 2.45) is 11.7 Å². The summed E-state index contributed by atoms with van der Waals surface area (Å²) in [4.78, 5) is 0. The molecule has 4 heteroatoms. The fraction of sp³-hybridized carbons (Fsp3) is 0.625. The molecule has 12 heavy (non-hydrogen) atoms. The Balaban J connectivity index is 0.00000121. The van der Waals surface area contributed by atoms with Gasteiger partial charge in [-0.3, -0.25) is 0 Å². The van der Waals surface area contributed by atoms with E-state index in [4.69, 9.17) is 10.3 Å². The van der Waals surface area contributed by atoms with Crippen LogP contribution in [-0.4, -0.2) is 5.16 Å². The molecule has 1 rings (SSSR count). The minimum absolute atomic E-state index is 0. The lowest BCUT2D eigenvalue weighted by atomic mass is 10.0. The lowest BCUT2D eigenvalue weighted by Gasteiger charge is -2.09. The number of aromatic nitrogens is 1. The topological polar surface area (TPSA) is 52.0 Å². The van der Waals surface area contributed by atoms with Crippen LogP contribution in [0, 0.1) is 5.92 Å². The first-order chi connectivity index (χ1) is 5.20. The van der Waals surface area contributed by atoms with Crippen molar-refractivity contribution in [1.29, 1.82) is 0 Å². The third-order valence-electron chi connectivity index (χ3n) is 1.55. The van der Waals surface area contributed by atoms with Crippen molar-refractivity contribution in [1.82, 2.24) is 5.16 Å². The molecule has 1 atom stereocenters. The molecular weight excluding hydrogens is 176 g/mol.